The molecule has 1 heterocycles. The fourth-order valence-electron chi connectivity index (χ4n) is 1.64. The predicted octanol–water partition coefficient (Wildman–Crippen LogP) is 4.63. The Kier molecular flexibility index (Phi) is 3.39. The summed E-state index contributed by atoms with van der Waals surface area (Å²) in [5, 5.41) is 5.57. The van der Waals surface area contributed by atoms with Gasteiger partial charge >= 0.3 is 0 Å². The van der Waals surface area contributed by atoms with Crippen LogP contribution in [0.15, 0.2) is 22.8 Å². The number of nitrogens with one attached hydrogen (secondary N) is 1. The minimum atomic E-state index is 0.0580. The highest BCUT2D eigenvalue weighted by Crippen LogP contribution is 2.32. The summed E-state index contributed by atoms with van der Waals surface area (Å²) in [5.41, 5.74) is 1.84. The van der Waals surface area contributed by atoms with Crippen molar-refractivity contribution in [1.82, 2.24) is 5.32 Å². The molecule has 0 aliphatic carbocycles. The van der Waals surface area contributed by atoms with Crippen molar-refractivity contribution in [2.24, 2.45) is 0 Å². The van der Waals surface area contributed by atoms with Crippen LogP contribution >= 0.6 is 23.2 Å². The van der Waals surface area contributed by atoms with Gasteiger partial charge in [-0.3, -0.25) is 0 Å². The van der Waals surface area contributed by atoms with E-state index >= 15 is 0 Å². The van der Waals surface area contributed by atoms with E-state index in [4.69, 9.17) is 27.6 Å². The van der Waals surface area contributed by atoms with Gasteiger partial charge in [0.15, 0.2) is 0 Å². The largest absolute Gasteiger partial charge is 0.464 e. The average molecular weight is 272 g/mol. The zero-order chi connectivity index (χ0) is 12.6. The minimum Gasteiger partial charge on any atom is -0.464 e. The molecule has 0 radical (unpaired) electrons. The maximum Gasteiger partial charge on any atom is 0.137 e. The number of fused-ring (bicyclic) bond motifs is 1. The van der Waals surface area contributed by atoms with Gasteiger partial charge in [0.05, 0.1) is 11.3 Å². The van der Waals surface area contributed by atoms with Crippen LogP contribution in [0.25, 0.3) is 11.0 Å². The average Bonchev–Trinajstić information content (AvgIpc) is 2.56. The summed E-state index contributed by atoms with van der Waals surface area (Å²) in [6, 6.07) is 3.52. The van der Waals surface area contributed by atoms with E-state index in [9.17, 15) is 0 Å². The van der Waals surface area contributed by atoms with Crippen LogP contribution in [0.3, 0.4) is 0 Å². The first kappa shape index (κ1) is 12.7. The van der Waals surface area contributed by atoms with Crippen molar-refractivity contribution < 1.29 is 4.42 Å². The second-order valence-electron chi connectivity index (χ2n) is 5.13. The quantitative estimate of drug-likeness (QED) is 0.862. The van der Waals surface area contributed by atoms with Gasteiger partial charge in [-0.05, 0) is 26.8 Å². The standard InChI is InChI=1S/C13H15Cl2NO/c1-13(2,3)16-6-8-7-17-11-5-9(14)4-10(15)12(8)11/h4-5,7,16H,6H2,1-3H3. The molecule has 0 spiro atoms. The Morgan fingerprint density at radius 1 is 1.24 bits per heavy atom. The molecule has 0 unspecified atom stereocenters. The van der Waals surface area contributed by atoms with Crippen LogP contribution < -0.4 is 5.32 Å². The second-order valence-corrected chi connectivity index (χ2v) is 5.97. The van der Waals surface area contributed by atoms with Crippen molar-refractivity contribution in [1.29, 1.82) is 0 Å². The number of benzene rings is 1. The van der Waals surface area contributed by atoms with Crippen LogP contribution in [0, 0.1) is 0 Å². The first-order chi connectivity index (χ1) is 7.87. The number of halogens is 2. The first-order valence-electron chi connectivity index (χ1n) is 5.47. The number of furan rings is 1. The van der Waals surface area contributed by atoms with Crippen molar-refractivity contribution >= 4 is 34.2 Å². The van der Waals surface area contributed by atoms with Gasteiger partial charge in [0.25, 0.3) is 0 Å². The first-order valence-corrected chi connectivity index (χ1v) is 6.22. The highest BCUT2D eigenvalue weighted by atomic mass is 35.5. The molecule has 2 rings (SSSR count). The fourth-order valence-corrected chi connectivity index (χ4v) is 2.23. The Hall–Kier alpha value is -0.700. The van der Waals surface area contributed by atoms with Gasteiger partial charge in [-0.1, -0.05) is 23.2 Å². The molecule has 17 heavy (non-hydrogen) atoms. The van der Waals surface area contributed by atoms with Crippen molar-refractivity contribution in [3.8, 4) is 0 Å². The lowest BCUT2D eigenvalue weighted by molar-refractivity contribution is 0.423. The zero-order valence-corrected chi connectivity index (χ0v) is 11.6. The van der Waals surface area contributed by atoms with Crippen LogP contribution in [0.2, 0.25) is 10.0 Å². The van der Waals surface area contributed by atoms with Gasteiger partial charge in [-0.15, -0.1) is 0 Å². The maximum atomic E-state index is 6.19. The molecule has 0 aliphatic rings. The molecular formula is C13H15Cl2NO. The molecular weight excluding hydrogens is 257 g/mol. The molecule has 0 atom stereocenters. The van der Waals surface area contributed by atoms with E-state index in [1.54, 1.807) is 18.4 Å². The summed E-state index contributed by atoms with van der Waals surface area (Å²) in [4.78, 5) is 0. The van der Waals surface area contributed by atoms with Crippen LogP contribution in [0.4, 0.5) is 0 Å². The minimum absolute atomic E-state index is 0.0580. The molecule has 1 N–H and O–H groups in total. The van der Waals surface area contributed by atoms with Crippen LogP contribution in [0.1, 0.15) is 26.3 Å². The van der Waals surface area contributed by atoms with E-state index in [0.29, 0.717) is 10.0 Å². The van der Waals surface area contributed by atoms with E-state index in [-0.39, 0.29) is 5.54 Å². The van der Waals surface area contributed by atoms with E-state index in [1.165, 1.54) is 0 Å². The second kappa shape index (κ2) is 4.52. The van der Waals surface area contributed by atoms with Gasteiger partial charge in [-0.25, -0.2) is 0 Å². The van der Waals surface area contributed by atoms with E-state index in [0.717, 1.165) is 23.1 Å². The zero-order valence-electron chi connectivity index (χ0n) is 10.1. The van der Waals surface area contributed by atoms with E-state index < -0.39 is 0 Å². The molecule has 1 aromatic carbocycles. The molecule has 0 saturated carbocycles. The predicted molar refractivity (Wildman–Crippen MR) is 72.8 cm³/mol. The van der Waals surface area contributed by atoms with Gasteiger partial charge in [-0.2, -0.15) is 0 Å². The summed E-state index contributed by atoms with van der Waals surface area (Å²) in [7, 11) is 0. The third-order valence-corrected chi connectivity index (χ3v) is 2.99. The van der Waals surface area contributed by atoms with Crippen LogP contribution in [-0.4, -0.2) is 5.54 Å². The summed E-state index contributed by atoms with van der Waals surface area (Å²) in [6.45, 7) is 7.08. The maximum absolute atomic E-state index is 6.19. The van der Waals surface area contributed by atoms with Gasteiger partial charge in [0.2, 0.25) is 0 Å². The molecule has 2 aromatic rings. The lowest BCUT2D eigenvalue weighted by Crippen LogP contribution is -2.34. The Balaban J connectivity index is 2.36. The van der Waals surface area contributed by atoms with Gasteiger partial charge in [0, 0.05) is 34.1 Å². The lowest BCUT2D eigenvalue weighted by atomic mass is 10.1. The number of rotatable bonds is 2. The molecule has 0 saturated heterocycles. The molecule has 0 aliphatic heterocycles. The Morgan fingerprint density at radius 3 is 2.59 bits per heavy atom. The molecule has 0 amide bonds. The van der Waals surface area contributed by atoms with Crippen molar-refractivity contribution in [3.63, 3.8) is 0 Å². The topological polar surface area (TPSA) is 25.2 Å². The number of hydrogen-bond donors (Lipinski definition) is 1. The van der Waals surface area contributed by atoms with Crippen LogP contribution in [0.5, 0.6) is 0 Å². The third-order valence-electron chi connectivity index (χ3n) is 2.48. The van der Waals surface area contributed by atoms with Gasteiger partial charge < -0.3 is 9.73 Å². The van der Waals surface area contributed by atoms with Crippen molar-refractivity contribution in [3.05, 3.63) is 34.0 Å². The molecule has 1 aromatic heterocycles. The van der Waals surface area contributed by atoms with Crippen LogP contribution in [-0.2, 0) is 6.54 Å². The number of hydrogen-bond acceptors (Lipinski definition) is 2. The Labute approximate surface area is 111 Å². The summed E-state index contributed by atoms with van der Waals surface area (Å²) < 4.78 is 5.47. The lowest BCUT2D eigenvalue weighted by Gasteiger charge is -2.20. The molecule has 0 bridgehead atoms. The Bertz CT molecular complexity index is 540. The smallest absolute Gasteiger partial charge is 0.137 e. The summed E-state index contributed by atoms with van der Waals surface area (Å²) in [6.07, 6.45) is 1.73. The fraction of sp³-hybridized carbons (Fsp3) is 0.385. The highest BCUT2D eigenvalue weighted by molar-refractivity contribution is 6.38. The molecule has 92 valence electrons. The molecule has 4 heteroatoms. The Morgan fingerprint density at radius 2 is 1.94 bits per heavy atom. The van der Waals surface area contributed by atoms with Gasteiger partial charge in [0.1, 0.15) is 5.58 Å². The van der Waals surface area contributed by atoms with Crippen molar-refractivity contribution in [2.45, 2.75) is 32.9 Å². The molecule has 2 nitrogen and oxygen atoms in total. The third kappa shape index (κ3) is 2.95. The molecule has 0 fully saturated rings. The van der Waals surface area contributed by atoms with Crippen molar-refractivity contribution in [2.75, 3.05) is 0 Å². The van der Waals surface area contributed by atoms with E-state index in [1.807, 2.05) is 0 Å². The summed E-state index contributed by atoms with van der Waals surface area (Å²) in [5.74, 6) is 0. The summed E-state index contributed by atoms with van der Waals surface area (Å²) >= 11 is 12.1. The SMILES string of the molecule is CC(C)(C)NCc1coc2cc(Cl)cc(Cl)c12. The monoisotopic (exact) mass is 271 g/mol. The normalized spacial score (nSPS) is 12.3. The highest BCUT2D eigenvalue weighted by Gasteiger charge is 2.14. The van der Waals surface area contributed by atoms with E-state index in [2.05, 4.69) is 26.1 Å².